The fraction of sp³-hybridized carbons (Fsp3) is 0.556. The maximum Gasteiger partial charge on any atom is 0.326 e. The second-order valence-electron chi connectivity index (χ2n) is 3.12. The van der Waals surface area contributed by atoms with Crippen LogP contribution in [-0.4, -0.2) is 23.0 Å². The molecule has 0 fully saturated rings. The molecule has 4 heteroatoms. The summed E-state index contributed by atoms with van der Waals surface area (Å²) < 4.78 is 0. The normalized spacial score (nSPS) is 12.2. The van der Waals surface area contributed by atoms with Crippen molar-refractivity contribution in [2.75, 3.05) is 0 Å². The second kappa shape index (κ2) is 5.35. The number of hydrogen-bond donors (Lipinski definition) is 2. The summed E-state index contributed by atoms with van der Waals surface area (Å²) in [6.45, 7) is 6.88. The zero-order valence-corrected chi connectivity index (χ0v) is 7.91. The van der Waals surface area contributed by atoms with Crippen molar-refractivity contribution < 1.29 is 14.7 Å². The van der Waals surface area contributed by atoms with E-state index >= 15 is 0 Å². The number of nitrogens with one attached hydrogen (secondary N) is 1. The minimum absolute atomic E-state index is 0.119. The molecule has 0 bridgehead atoms. The predicted octanol–water partition coefficient (Wildman–Crippen LogP) is 0.788. The third-order valence-corrected chi connectivity index (χ3v) is 1.58. The van der Waals surface area contributed by atoms with Crippen LogP contribution in [-0.2, 0) is 9.59 Å². The Hall–Kier alpha value is -1.32. The van der Waals surface area contributed by atoms with Gasteiger partial charge in [0, 0.05) is 6.42 Å². The largest absolute Gasteiger partial charge is 0.480 e. The van der Waals surface area contributed by atoms with Crippen molar-refractivity contribution in [2.24, 2.45) is 5.92 Å². The standard InChI is InChI=1S/C9H15NO3/c1-4-5-7(11)10-8(6(2)3)9(12)13/h4,6,8H,1,5H2,2-3H3,(H,10,11)(H,12,13)/t8-/m0/s1. The lowest BCUT2D eigenvalue weighted by molar-refractivity contribution is -0.143. The summed E-state index contributed by atoms with van der Waals surface area (Å²) in [5.41, 5.74) is 0. The molecule has 0 spiro atoms. The number of hydrogen-bond acceptors (Lipinski definition) is 2. The topological polar surface area (TPSA) is 66.4 Å². The molecule has 0 saturated carbocycles. The lowest BCUT2D eigenvalue weighted by Gasteiger charge is -2.17. The van der Waals surface area contributed by atoms with Crippen molar-refractivity contribution in [1.29, 1.82) is 0 Å². The van der Waals surface area contributed by atoms with E-state index in [2.05, 4.69) is 11.9 Å². The van der Waals surface area contributed by atoms with Crippen LogP contribution in [0.1, 0.15) is 20.3 Å². The summed E-state index contributed by atoms with van der Waals surface area (Å²) in [6.07, 6.45) is 1.59. The molecule has 0 aromatic carbocycles. The molecule has 2 N–H and O–H groups in total. The van der Waals surface area contributed by atoms with Gasteiger partial charge in [-0.05, 0) is 5.92 Å². The molecule has 74 valence electrons. The van der Waals surface area contributed by atoms with Crippen LogP contribution in [0.2, 0.25) is 0 Å². The summed E-state index contributed by atoms with van der Waals surface area (Å²) in [4.78, 5) is 21.7. The van der Waals surface area contributed by atoms with Gasteiger partial charge in [-0.3, -0.25) is 4.79 Å². The molecular weight excluding hydrogens is 170 g/mol. The van der Waals surface area contributed by atoms with Gasteiger partial charge in [0.05, 0.1) is 0 Å². The third-order valence-electron chi connectivity index (χ3n) is 1.58. The molecule has 0 aliphatic carbocycles. The molecule has 0 aliphatic heterocycles. The van der Waals surface area contributed by atoms with Gasteiger partial charge in [0.1, 0.15) is 6.04 Å². The summed E-state index contributed by atoms with van der Waals surface area (Å²) in [6, 6.07) is -0.813. The molecule has 0 saturated heterocycles. The van der Waals surface area contributed by atoms with Crippen LogP contribution in [0.4, 0.5) is 0 Å². The Labute approximate surface area is 77.6 Å². The van der Waals surface area contributed by atoms with E-state index in [0.717, 1.165) is 0 Å². The average Bonchev–Trinajstić information content (AvgIpc) is 1.99. The van der Waals surface area contributed by atoms with Gasteiger partial charge >= 0.3 is 5.97 Å². The van der Waals surface area contributed by atoms with E-state index in [1.165, 1.54) is 6.08 Å². The molecule has 0 radical (unpaired) electrons. The smallest absolute Gasteiger partial charge is 0.326 e. The molecule has 0 unspecified atom stereocenters. The number of rotatable bonds is 5. The van der Waals surface area contributed by atoms with Crippen molar-refractivity contribution in [3.05, 3.63) is 12.7 Å². The van der Waals surface area contributed by atoms with Gasteiger partial charge in [-0.1, -0.05) is 19.9 Å². The van der Waals surface area contributed by atoms with Crippen molar-refractivity contribution in [1.82, 2.24) is 5.32 Å². The van der Waals surface area contributed by atoms with Crippen LogP contribution in [0.3, 0.4) is 0 Å². The first kappa shape index (κ1) is 11.7. The van der Waals surface area contributed by atoms with Crippen molar-refractivity contribution in [3.8, 4) is 0 Å². The van der Waals surface area contributed by atoms with Gasteiger partial charge in [0.25, 0.3) is 0 Å². The van der Waals surface area contributed by atoms with E-state index in [0.29, 0.717) is 0 Å². The van der Waals surface area contributed by atoms with Crippen LogP contribution < -0.4 is 5.32 Å². The second-order valence-corrected chi connectivity index (χ2v) is 3.12. The Bertz CT molecular complexity index is 211. The Balaban J connectivity index is 4.18. The Kier molecular flexibility index (Phi) is 4.80. The van der Waals surface area contributed by atoms with Crippen molar-refractivity contribution >= 4 is 11.9 Å². The quantitative estimate of drug-likeness (QED) is 0.622. The molecule has 0 heterocycles. The van der Waals surface area contributed by atoms with Gasteiger partial charge in [0.15, 0.2) is 0 Å². The number of carbonyl (C=O) groups excluding carboxylic acids is 1. The summed E-state index contributed by atoms with van der Waals surface area (Å²) in [5.74, 6) is -1.44. The van der Waals surface area contributed by atoms with E-state index in [1.54, 1.807) is 13.8 Å². The fourth-order valence-corrected chi connectivity index (χ4v) is 0.877. The highest BCUT2D eigenvalue weighted by atomic mass is 16.4. The number of carboxylic acids is 1. The molecule has 0 rings (SSSR count). The molecule has 0 aromatic heterocycles. The monoisotopic (exact) mass is 185 g/mol. The van der Waals surface area contributed by atoms with Crippen LogP contribution >= 0.6 is 0 Å². The maximum atomic E-state index is 11.0. The van der Waals surface area contributed by atoms with E-state index in [-0.39, 0.29) is 18.2 Å². The Morgan fingerprint density at radius 2 is 2.08 bits per heavy atom. The SMILES string of the molecule is C=CCC(=O)N[C@H](C(=O)O)C(C)C. The number of amides is 1. The Morgan fingerprint density at radius 1 is 1.54 bits per heavy atom. The van der Waals surface area contributed by atoms with Crippen LogP contribution in [0.5, 0.6) is 0 Å². The fourth-order valence-electron chi connectivity index (χ4n) is 0.877. The van der Waals surface area contributed by atoms with Crippen molar-refractivity contribution in [3.63, 3.8) is 0 Å². The molecule has 1 amide bonds. The van der Waals surface area contributed by atoms with Crippen LogP contribution in [0, 0.1) is 5.92 Å². The first-order valence-electron chi connectivity index (χ1n) is 4.12. The van der Waals surface area contributed by atoms with Gasteiger partial charge in [-0.2, -0.15) is 0 Å². The molecule has 4 nitrogen and oxygen atoms in total. The third kappa shape index (κ3) is 4.30. The van der Waals surface area contributed by atoms with Gasteiger partial charge in [-0.15, -0.1) is 6.58 Å². The summed E-state index contributed by atoms with van der Waals surface area (Å²) >= 11 is 0. The highest BCUT2D eigenvalue weighted by Gasteiger charge is 2.22. The highest BCUT2D eigenvalue weighted by Crippen LogP contribution is 2.01. The molecule has 0 aliphatic rings. The van der Waals surface area contributed by atoms with Crippen molar-refractivity contribution in [2.45, 2.75) is 26.3 Å². The molecule has 13 heavy (non-hydrogen) atoms. The first-order chi connectivity index (χ1) is 5.99. The van der Waals surface area contributed by atoms with E-state index < -0.39 is 12.0 Å². The maximum absolute atomic E-state index is 11.0. The summed E-state index contributed by atoms with van der Waals surface area (Å²) in [7, 11) is 0. The number of carboxylic acid groups (broad SMARTS) is 1. The van der Waals surface area contributed by atoms with E-state index in [1.807, 2.05) is 0 Å². The zero-order chi connectivity index (χ0) is 10.4. The van der Waals surface area contributed by atoms with Crippen LogP contribution in [0.25, 0.3) is 0 Å². The zero-order valence-electron chi connectivity index (χ0n) is 7.91. The first-order valence-corrected chi connectivity index (χ1v) is 4.12. The van der Waals surface area contributed by atoms with Gasteiger partial charge < -0.3 is 10.4 Å². The predicted molar refractivity (Wildman–Crippen MR) is 49.2 cm³/mol. The molecule has 1 atom stereocenters. The average molecular weight is 185 g/mol. The van der Waals surface area contributed by atoms with Gasteiger partial charge in [-0.25, -0.2) is 4.79 Å². The highest BCUT2D eigenvalue weighted by molar-refractivity contribution is 5.84. The minimum Gasteiger partial charge on any atom is -0.480 e. The number of carbonyl (C=O) groups is 2. The number of aliphatic carboxylic acids is 1. The van der Waals surface area contributed by atoms with E-state index in [4.69, 9.17) is 5.11 Å². The van der Waals surface area contributed by atoms with Crippen LogP contribution in [0.15, 0.2) is 12.7 Å². The van der Waals surface area contributed by atoms with E-state index in [9.17, 15) is 9.59 Å². The molecular formula is C9H15NO3. The lowest BCUT2D eigenvalue weighted by Crippen LogP contribution is -2.44. The molecule has 0 aromatic rings. The lowest BCUT2D eigenvalue weighted by atomic mass is 10.0. The van der Waals surface area contributed by atoms with Gasteiger partial charge in [0.2, 0.25) is 5.91 Å². The Morgan fingerprint density at radius 3 is 2.38 bits per heavy atom. The minimum atomic E-state index is -1.01. The summed E-state index contributed by atoms with van der Waals surface area (Å²) in [5, 5.41) is 11.1.